The van der Waals surface area contributed by atoms with Gasteiger partial charge in [0.15, 0.2) is 24.0 Å². The van der Waals surface area contributed by atoms with Gasteiger partial charge in [0.05, 0.1) is 17.6 Å². The van der Waals surface area contributed by atoms with Gasteiger partial charge in [-0.05, 0) is 62.2 Å². The Kier molecular flexibility index (Phi) is 7.07. The van der Waals surface area contributed by atoms with Gasteiger partial charge in [0.2, 0.25) is 10.0 Å². The van der Waals surface area contributed by atoms with Crippen LogP contribution in [-0.2, 0) is 14.8 Å². The van der Waals surface area contributed by atoms with Gasteiger partial charge in [-0.1, -0.05) is 6.42 Å². The van der Waals surface area contributed by atoms with Gasteiger partial charge in [-0.15, -0.1) is 0 Å². The Labute approximate surface area is 180 Å². The maximum absolute atomic E-state index is 13.7. The number of esters is 1. The largest absolute Gasteiger partial charge is 0.494 e. The summed E-state index contributed by atoms with van der Waals surface area (Å²) in [7, 11) is -2.33. The van der Waals surface area contributed by atoms with Crippen molar-refractivity contribution < 1.29 is 31.9 Å². The Bertz CT molecular complexity index is 1070. The molecule has 1 fully saturated rings. The number of sulfonamides is 1. The molecule has 0 saturated carbocycles. The molecule has 1 atom stereocenters. The van der Waals surface area contributed by atoms with E-state index in [2.05, 4.69) is 0 Å². The Balaban J connectivity index is 1.64. The van der Waals surface area contributed by atoms with Crippen molar-refractivity contribution in [3.05, 3.63) is 59.4 Å². The predicted octanol–water partition coefficient (Wildman–Crippen LogP) is 3.44. The number of carbonyl (C=O) groups excluding carboxylic acids is 2. The van der Waals surface area contributed by atoms with Gasteiger partial charge in [0, 0.05) is 18.2 Å². The fraction of sp³-hybridized carbons (Fsp3) is 0.364. The standard InChI is InChI=1S/C22H24FNO6S/c1-15-5-3-4-12-24(15)31(27,28)18-9-6-16(7-10-18)22(26)30-14-20(25)17-8-11-21(29-2)19(23)13-17/h6-11,13,15H,3-5,12,14H2,1-2H3. The lowest BCUT2D eigenvalue weighted by atomic mass is 10.1. The lowest BCUT2D eigenvalue weighted by Crippen LogP contribution is -2.41. The lowest BCUT2D eigenvalue weighted by Gasteiger charge is -2.32. The van der Waals surface area contributed by atoms with Crippen molar-refractivity contribution in [1.82, 2.24) is 4.31 Å². The van der Waals surface area contributed by atoms with E-state index in [1.807, 2.05) is 6.92 Å². The minimum absolute atomic E-state index is 0.00235. The van der Waals surface area contributed by atoms with Gasteiger partial charge in [-0.2, -0.15) is 4.31 Å². The number of methoxy groups -OCH3 is 1. The molecule has 0 N–H and O–H groups in total. The molecule has 1 heterocycles. The predicted molar refractivity (Wildman–Crippen MR) is 111 cm³/mol. The van der Waals surface area contributed by atoms with Gasteiger partial charge in [0.25, 0.3) is 0 Å². The van der Waals surface area contributed by atoms with Crippen LogP contribution >= 0.6 is 0 Å². The van der Waals surface area contributed by atoms with Crippen molar-refractivity contribution in [3.8, 4) is 5.75 Å². The van der Waals surface area contributed by atoms with Crippen LogP contribution in [-0.4, -0.2) is 50.8 Å². The molecular formula is C22H24FNO6S. The van der Waals surface area contributed by atoms with Crippen molar-refractivity contribution in [2.45, 2.75) is 37.1 Å². The second kappa shape index (κ2) is 9.57. The molecule has 0 amide bonds. The minimum Gasteiger partial charge on any atom is -0.494 e. The van der Waals surface area contributed by atoms with Gasteiger partial charge >= 0.3 is 5.97 Å². The van der Waals surface area contributed by atoms with Crippen LogP contribution in [0.2, 0.25) is 0 Å². The Morgan fingerprint density at radius 2 is 1.77 bits per heavy atom. The molecule has 166 valence electrons. The number of rotatable bonds is 7. The van der Waals surface area contributed by atoms with E-state index < -0.39 is 34.2 Å². The van der Waals surface area contributed by atoms with Gasteiger partial charge in [0.1, 0.15) is 0 Å². The molecule has 0 aliphatic carbocycles. The highest BCUT2D eigenvalue weighted by Crippen LogP contribution is 2.25. The van der Waals surface area contributed by atoms with E-state index in [0.717, 1.165) is 25.3 Å². The van der Waals surface area contributed by atoms with Crippen LogP contribution < -0.4 is 4.74 Å². The molecule has 0 radical (unpaired) electrons. The number of benzene rings is 2. The summed E-state index contributed by atoms with van der Waals surface area (Å²) in [5, 5.41) is 0. The summed E-state index contributed by atoms with van der Waals surface area (Å²) in [4.78, 5) is 24.5. The maximum atomic E-state index is 13.7. The molecule has 0 aromatic heterocycles. The number of hydrogen-bond acceptors (Lipinski definition) is 6. The summed E-state index contributed by atoms with van der Waals surface area (Å²) >= 11 is 0. The third kappa shape index (κ3) is 5.11. The normalized spacial score (nSPS) is 17.2. The third-order valence-corrected chi connectivity index (χ3v) is 7.27. The van der Waals surface area contributed by atoms with Gasteiger partial charge < -0.3 is 9.47 Å². The molecule has 2 aromatic rings. The number of nitrogens with zero attached hydrogens (tertiary/aromatic N) is 1. The SMILES string of the molecule is COc1ccc(C(=O)COC(=O)c2ccc(S(=O)(=O)N3CCCCC3C)cc2)cc1F. The molecule has 31 heavy (non-hydrogen) atoms. The minimum atomic E-state index is -3.64. The summed E-state index contributed by atoms with van der Waals surface area (Å²) in [6.07, 6.45) is 2.63. The van der Waals surface area contributed by atoms with Crippen LogP contribution in [0.15, 0.2) is 47.4 Å². The smallest absolute Gasteiger partial charge is 0.338 e. The van der Waals surface area contributed by atoms with Gasteiger partial charge in [-0.3, -0.25) is 4.79 Å². The van der Waals surface area contributed by atoms with E-state index in [0.29, 0.717) is 6.54 Å². The topological polar surface area (TPSA) is 90.0 Å². The van der Waals surface area contributed by atoms with Crippen LogP contribution in [0.1, 0.15) is 46.9 Å². The van der Waals surface area contributed by atoms with Crippen LogP contribution in [0.3, 0.4) is 0 Å². The second-order valence-electron chi connectivity index (χ2n) is 7.33. The van der Waals surface area contributed by atoms with E-state index in [1.165, 1.54) is 47.8 Å². The Morgan fingerprint density at radius 1 is 1.10 bits per heavy atom. The Morgan fingerprint density at radius 3 is 2.39 bits per heavy atom. The van der Waals surface area contributed by atoms with Crippen LogP contribution in [0.5, 0.6) is 5.75 Å². The summed E-state index contributed by atoms with van der Waals surface area (Å²) < 4.78 is 50.7. The number of carbonyl (C=O) groups is 2. The summed E-state index contributed by atoms with van der Waals surface area (Å²) in [5.41, 5.74) is 0.155. The zero-order chi connectivity index (χ0) is 22.6. The molecule has 1 aliphatic rings. The number of hydrogen-bond donors (Lipinski definition) is 0. The summed E-state index contributed by atoms with van der Waals surface area (Å²) in [6.45, 7) is 1.78. The number of piperidine rings is 1. The molecule has 3 rings (SSSR count). The van der Waals surface area contributed by atoms with E-state index in [4.69, 9.17) is 9.47 Å². The van der Waals surface area contributed by atoms with Crippen molar-refractivity contribution >= 4 is 21.8 Å². The average Bonchev–Trinajstić information content (AvgIpc) is 2.77. The Hall–Kier alpha value is -2.78. The van der Waals surface area contributed by atoms with E-state index >= 15 is 0 Å². The molecule has 0 spiro atoms. The number of ether oxygens (including phenoxy) is 2. The molecule has 1 unspecified atom stereocenters. The molecule has 1 aliphatic heterocycles. The molecule has 0 bridgehead atoms. The fourth-order valence-corrected chi connectivity index (χ4v) is 5.16. The number of ketones is 1. The monoisotopic (exact) mass is 449 g/mol. The highest BCUT2D eigenvalue weighted by Gasteiger charge is 2.31. The number of Topliss-reactive ketones (excluding diaryl/α,β-unsaturated/α-hetero) is 1. The van der Waals surface area contributed by atoms with Crippen LogP contribution in [0, 0.1) is 5.82 Å². The van der Waals surface area contributed by atoms with Crippen molar-refractivity contribution in [2.75, 3.05) is 20.3 Å². The molecular weight excluding hydrogens is 425 g/mol. The van der Waals surface area contributed by atoms with Crippen molar-refractivity contribution in [1.29, 1.82) is 0 Å². The maximum Gasteiger partial charge on any atom is 0.338 e. The first kappa shape index (κ1) is 22.9. The molecule has 1 saturated heterocycles. The molecule has 7 nitrogen and oxygen atoms in total. The van der Waals surface area contributed by atoms with Gasteiger partial charge in [-0.25, -0.2) is 17.6 Å². The average molecular weight is 450 g/mol. The second-order valence-corrected chi connectivity index (χ2v) is 9.22. The highest BCUT2D eigenvalue weighted by molar-refractivity contribution is 7.89. The zero-order valence-corrected chi connectivity index (χ0v) is 18.2. The highest BCUT2D eigenvalue weighted by atomic mass is 32.2. The lowest BCUT2D eigenvalue weighted by molar-refractivity contribution is 0.0474. The van der Waals surface area contributed by atoms with E-state index in [9.17, 15) is 22.4 Å². The first-order chi connectivity index (χ1) is 14.7. The van der Waals surface area contributed by atoms with E-state index in [-0.39, 0.29) is 27.8 Å². The van der Waals surface area contributed by atoms with Crippen molar-refractivity contribution in [2.24, 2.45) is 0 Å². The first-order valence-corrected chi connectivity index (χ1v) is 11.3. The van der Waals surface area contributed by atoms with Crippen molar-refractivity contribution in [3.63, 3.8) is 0 Å². The summed E-state index contributed by atoms with van der Waals surface area (Å²) in [5.74, 6) is -2.05. The summed E-state index contributed by atoms with van der Waals surface area (Å²) in [6, 6.07) is 9.03. The van der Waals surface area contributed by atoms with E-state index in [1.54, 1.807) is 0 Å². The molecule has 2 aromatic carbocycles. The third-order valence-electron chi connectivity index (χ3n) is 5.25. The molecule has 9 heteroatoms. The number of halogens is 1. The van der Waals surface area contributed by atoms with Crippen LogP contribution in [0.25, 0.3) is 0 Å². The van der Waals surface area contributed by atoms with Crippen LogP contribution in [0.4, 0.5) is 4.39 Å². The quantitative estimate of drug-likeness (QED) is 0.475. The zero-order valence-electron chi connectivity index (χ0n) is 17.3. The fourth-order valence-electron chi connectivity index (χ4n) is 3.46. The first-order valence-electron chi connectivity index (χ1n) is 9.90.